The molecule has 20 heavy (non-hydrogen) atoms. The minimum Gasteiger partial charge on any atom is -0.409 e. The fraction of sp³-hybridized carbons (Fsp3) is 0.0714. The molecule has 102 valence electrons. The summed E-state index contributed by atoms with van der Waals surface area (Å²) in [5.41, 5.74) is 8.05. The van der Waals surface area contributed by atoms with Crippen LogP contribution in [0.15, 0.2) is 47.9 Å². The van der Waals surface area contributed by atoms with Gasteiger partial charge >= 0.3 is 0 Å². The van der Waals surface area contributed by atoms with E-state index < -0.39 is 0 Å². The molecule has 0 aliphatic rings. The summed E-state index contributed by atoms with van der Waals surface area (Å²) in [6.07, 6.45) is 3.19. The number of nitrogens with two attached hydrogens (primary N) is 1. The van der Waals surface area contributed by atoms with Crippen LogP contribution >= 0.6 is 0 Å². The highest BCUT2D eigenvalue weighted by atomic mass is 16.4. The normalized spacial score (nSPS) is 11.2. The van der Waals surface area contributed by atoms with Crippen LogP contribution in [0.2, 0.25) is 0 Å². The van der Waals surface area contributed by atoms with Gasteiger partial charge in [0, 0.05) is 23.6 Å². The molecular weight excluding hydrogens is 256 g/mol. The summed E-state index contributed by atoms with van der Waals surface area (Å²) < 4.78 is 0. The number of aromatic nitrogens is 1. The van der Waals surface area contributed by atoms with E-state index >= 15 is 0 Å². The molecule has 1 amide bonds. The Morgan fingerprint density at radius 3 is 2.55 bits per heavy atom. The Balaban J connectivity index is 2.12. The number of pyridine rings is 1. The summed E-state index contributed by atoms with van der Waals surface area (Å²) in [5, 5.41) is 14.2. The van der Waals surface area contributed by atoms with Gasteiger partial charge < -0.3 is 16.3 Å². The van der Waals surface area contributed by atoms with Crippen LogP contribution in [-0.2, 0) is 0 Å². The molecule has 0 aliphatic heterocycles. The zero-order chi connectivity index (χ0) is 14.5. The molecule has 0 radical (unpaired) electrons. The standard InChI is InChI=1S/C14H14N4O2/c1-9-6-11(8-16-7-9)14(19)17-12-4-2-10(3-5-12)13(15)18-20/h2-8,20H,1H3,(H2,15,18)(H,17,19). The lowest BCUT2D eigenvalue weighted by molar-refractivity contribution is 0.102. The highest BCUT2D eigenvalue weighted by Gasteiger charge is 2.07. The van der Waals surface area contributed by atoms with E-state index in [2.05, 4.69) is 15.5 Å². The molecular formula is C14H14N4O2. The second-order valence-electron chi connectivity index (χ2n) is 4.27. The van der Waals surface area contributed by atoms with Crippen molar-refractivity contribution in [3.8, 4) is 0 Å². The van der Waals surface area contributed by atoms with Gasteiger partial charge in [0.1, 0.15) is 0 Å². The molecule has 0 fully saturated rings. The number of rotatable bonds is 3. The van der Waals surface area contributed by atoms with Crippen LogP contribution in [0.4, 0.5) is 5.69 Å². The molecule has 0 saturated heterocycles. The van der Waals surface area contributed by atoms with E-state index in [0.29, 0.717) is 16.8 Å². The first-order chi connectivity index (χ1) is 9.60. The number of anilines is 1. The fourth-order valence-electron chi connectivity index (χ4n) is 1.66. The van der Waals surface area contributed by atoms with Crippen molar-refractivity contribution in [3.63, 3.8) is 0 Å². The highest BCUT2D eigenvalue weighted by Crippen LogP contribution is 2.11. The van der Waals surface area contributed by atoms with E-state index in [0.717, 1.165) is 5.56 Å². The zero-order valence-electron chi connectivity index (χ0n) is 10.9. The molecule has 0 atom stereocenters. The molecule has 1 aromatic heterocycles. The van der Waals surface area contributed by atoms with Crippen molar-refractivity contribution in [2.45, 2.75) is 6.92 Å². The number of nitrogens with zero attached hydrogens (tertiary/aromatic N) is 2. The van der Waals surface area contributed by atoms with Gasteiger partial charge in [-0.1, -0.05) is 5.16 Å². The zero-order valence-corrected chi connectivity index (χ0v) is 10.9. The minimum absolute atomic E-state index is 0.0192. The van der Waals surface area contributed by atoms with Crippen molar-refractivity contribution in [3.05, 3.63) is 59.4 Å². The van der Waals surface area contributed by atoms with Gasteiger partial charge in [0.15, 0.2) is 5.84 Å². The maximum Gasteiger partial charge on any atom is 0.257 e. The van der Waals surface area contributed by atoms with Crippen molar-refractivity contribution in [2.75, 3.05) is 5.32 Å². The lowest BCUT2D eigenvalue weighted by Crippen LogP contribution is -2.14. The molecule has 1 heterocycles. The van der Waals surface area contributed by atoms with Crippen molar-refractivity contribution < 1.29 is 10.0 Å². The number of benzene rings is 1. The smallest absolute Gasteiger partial charge is 0.257 e. The van der Waals surface area contributed by atoms with Gasteiger partial charge in [-0.3, -0.25) is 9.78 Å². The predicted octanol–water partition coefficient (Wildman–Crippen LogP) is 1.74. The summed E-state index contributed by atoms with van der Waals surface area (Å²) in [6, 6.07) is 8.41. The number of amidine groups is 1. The third-order valence-corrected chi connectivity index (χ3v) is 2.68. The van der Waals surface area contributed by atoms with Gasteiger partial charge in [0.2, 0.25) is 0 Å². The van der Waals surface area contributed by atoms with Crippen LogP contribution in [0.3, 0.4) is 0 Å². The van der Waals surface area contributed by atoms with Crippen molar-refractivity contribution in [2.24, 2.45) is 10.9 Å². The fourth-order valence-corrected chi connectivity index (χ4v) is 1.66. The predicted molar refractivity (Wildman–Crippen MR) is 75.9 cm³/mol. The average Bonchev–Trinajstić information content (AvgIpc) is 2.47. The lowest BCUT2D eigenvalue weighted by atomic mass is 10.1. The summed E-state index contributed by atoms with van der Waals surface area (Å²) in [4.78, 5) is 16.0. The first kappa shape index (κ1) is 13.5. The Morgan fingerprint density at radius 1 is 1.25 bits per heavy atom. The van der Waals surface area contributed by atoms with E-state index in [1.54, 1.807) is 36.5 Å². The second kappa shape index (κ2) is 5.83. The SMILES string of the molecule is Cc1cncc(C(=O)Nc2ccc(C(N)=NO)cc2)c1. The maximum atomic E-state index is 12.0. The van der Waals surface area contributed by atoms with Crippen LogP contribution in [0.5, 0.6) is 0 Å². The first-order valence-corrected chi connectivity index (χ1v) is 5.91. The lowest BCUT2D eigenvalue weighted by Gasteiger charge is -2.06. The minimum atomic E-state index is -0.238. The highest BCUT2D eigenvalue weighted by molar-refractivity contribution is 6.04. The van der Waals surface area contributed by atoms with Gasteiger partial charge in [-0.05, 0) is 42.8 Å². The molecule has 2 aromatic rings. The number of hydrogen-bond donors (Lipinski definition) is 3. The van der Waals surface area contributed by atoms with E-state index in [1.807, 2.05) is 6.92 Å². The van der Waals surface area contributed by atoms with E-state index in [-0.39, 0.29) is 11.7 Å². The van der Waals surface area contributed by atoms with Gasteiger partial charge in [-0.15, -0.1) is 0 Å². The molecule has 0 saturated carbocycles. The number of amides is 1. The largest absolute Gasteiger partial charge is 0.409 e. The Kier molecular flexibility index (Phi) is 3.95. The molecule has 6 nitrogen and oxygen atoms in total. The molecule has 1 aromatic carbocycles. The topological polar surface area (TPSA) is 101 Å². The van der Waals surface area contributed by atoms with E-state index in [9.17, 15) is 4.79 Å². The number of carbonyl (C=O) groups is 1. The average molecular weight is 270 g/mol. The number of aryl methyl sites for hydroxylation is 1. The number of hydrogen-bond acceptors (Lipinski definition) is 4. The number of nitrogens with one attached hydrogen (secondary N) is 1. The third kappa shape index (κ3) is 3.11. The first-order valence-electron chi connectivity index (χ1n) is 5.91. The summed E-state index contributed by atoms with van der Waals surface area (Å²) in [6.45, 7) is 1.87. The van der Waals surface area contributed by atoms with Crippen LogP contribution in [0.1, 0.15) is 21.5 Å². The van der Waals surface area contributed by atoms with Crippen molar-refractivity contribution >= 4 is 17.4 Å². The Morgan fingerprint density at radius 2 is 1.95 bits per heavy atom. The molecule has 2 rings (SSSR count). The molecule has 4 N–H and O–H groups in total. The molecule has 6 heteroatoms. The van der Waals surface area contributed by atoms with Gasteiger partial charge in [-0.2, -0.15) is 0 Å². The molecule has 0 aliphatic carbocycles. The van der Waals surface area contributed by atoms with Crippen LogP contribution < -0.4 is 11.1 Å². The molecule has 0 spiro atoms. The Labute approximate surface area is 115 Å². The number of carbonyl (C=O) groups excluding carboxylic acids is 1. The summed E-state index contributed by atoms with van der Waals surface area (Å²) in [5.74, 6) is -0.219. The Hall–Kier alpha value is -2.89. The monoisotopic (exact) mass is 270 g/mol. The Bertz CT molecular complexity index is 650. The quantitative estimate of drug-likeness (QED) is 0.342. The van der Waals surface area contributed by atoms with Crippen LogP contribution in [0.25, 0.3) is 0 Å². The molecule has 0 unspecified atom stereocenters. The third-order valence-electron chi connectivity index (χ3n) is 2.68. The van der Waals surface area contributed by atoms with Crippen molar-refractivity contribution in [1.29, 1.82) is 0 Å². The molecule has 0 bridgehead atoms. The van der Waals surface area contributed by atoms with Gasteiger partial charge in [-0.25, -0.2) is 0 Å². The summed E-state index contributed by atoms with van der Waals surface area (Å²) in [7, 11) is 0. The number of oxime groups is 1. The van der Waals surface area contributed by atoms with Crippen molar-refractivity contribution in [1.82, 2.24) is 4.98 Å². The van der Waals surface area contributed by atoms with Gasteiger partial charge in [0.05, 0.1) is 5.56 Å². The van der Waals surface area contributed by atoms with E-state index in [4.69, 9.17) is 10.9 Å². The van der Waals surface area contributed by atoms with E-state index in [1.165, 1.54) is 6.20 Å². The second-order valence-corrected chi connectivity index (χ2v) is 4.27. The maximum absolute atomic E-state index is 12.0. The summed E-state index contributed by atoms with van der Waals surface area (Å²) >= 11 is 0. The van der Waals surface area contributed by atoms with Crippen LogP contribution in [0, 0.1) is 6.92 Å². The van der Waals surface area contributed by atoms with Gasteiger partial charge in [0.25, 0.3) is 5.91 Å². The van der Waals surface area contributed by atoms with Crippen LogP contribution in [-0.4, -0.2) is 21.9 Å².